The van der Waals surface area contributed by atoms with Crippen molar-refractivity contribution in [2.45, 2.75) is 25.6 Å². The van der Waals surface area contributed by atoms with Gasteiger partial charge in [0.2, 0.25) is 5.91 Å². The second-order valence-electron chi connectivity index (χ2n) is 6.87. The van der Waals surface area contributed by atoms with E-state index in [0.29, 0.717) is 10.6 Å². The molecular formula is C20H21ClN2O4S. The number of amides is 2. The summed E-state index contributed by atoms with van der Waals surface area (Å²) in [5, 5.41) is 3.41. The fourth-order valence-electron chi connectivity index (χ4n) is 3.19. The molecule has 2 amide bonds. The normalized spacial score (nSPS) is 14.6. The van der Waals surface area contributed by atoms with Crippen LogP contribution in [0.15, 0.2) is 48.5 Å². The molecule has 0 saturated carbocycles. The molecule has 0 aliphatic carbocycles. The van der Waals surface area contributed by atoms with Gasteiger partial charge >= 0.3 is 0 Å². The zero-order chi connectivity index (χ0) is 20.3. The fourth-order valence-corrected chi connectivity index (χ4v) is 3.97. The smallest absolute Gasteiger partial charge is 0.255 e. The van der Waals surface area contributed by atoms with Crippen molar-refractivity contribution in [3.63, 3.8) is 0 Å². The van der Waals surface area contributed by atoms with E-state index in [2.05, 4.69) is 5.32 Å². The van der Waals surface area contributed by atoms with Gasteiger partial charge in [-0.05, 0) is 35.7 Å². The van der Waals surface area contributed by atoms with E-state index >= 15 is 0 Å². The van der Waals surface area contributed by atoms with Gasteiger partial charge in [0.1, 0.15) is 15.9 Å². The summed E-state index contributed by atoms with van der Waals surface area (Å²) in [6.07, 6.45) is 1.17. The summed E-state index contributed by atoms with van der Waals surface area (Å²) >= 11 is 5.87. The average Bonchev–Trinajstić information content (AvgIpc) is 2.97. The Morgan fingerprint density at radius 2 is 1.86 bits per heavy atom. The van der Waals surface area contributed by atoms with Crippen LogP contribution in [0.5, 0.6) is 0 Å². The molecule has 1 aliphatic heterocycles. The van der Waals surface area contributed by atoms with Gasteiger partial charge in [-0.25, -0.2) is 8.42 Å². The number of carbonyl (C=O) groups is 2. The number of nitrogens with one attached hydrogen (secondary N) is 1. The number of benzene rings is 2. The predicted molar refractivity (Wildman–Crippen MR) is 108 cm³/mol. The lowest BCUT2D eigenvalue weighted by Gasteiger charge is -2.26. The molecule has 148 valence electrons. The minimum absolute atomic E-state index is 0.0466. The molecule has 28 heavy (non-hydrogen) atoms. The van der Waals surface area contributed by atoms with E-state index in [1.54, 1.807) is 36.4 Å². The first-order chi connectivity index (χ1) is 13.2. The van der Waals surface area contributed by atoms with Crippen molar-refractivity contribution >= 4 is 33.3 Å². The highest BCUT2D eigenvalue weighted by Crippen LogP contribution is 2.26. The maximum Gasteiger partial charge on any atom is 0.255 e. The Balaban J connectivity index is 1.76. The van der Waals surface area contributed by atoms with Gasteiger partial charge in [0.25, 0.3) is 5.91 Å². The number of nitrogens with zero attached hydrogens (tertiary/aromatic N) is 1. The molecule has 2 aromatic carbocycles. The summed E-state index contributed by atoms with van der Waals surface area (Å²) < 4.78 is 23.3. The Kier molecular flexibility index (Phi) is 6.05. The highest BCUT2D eigenvalue weighted by atomic mass is 35.5. The van der Waals surface area contributed by atoms with Gasteiger partial charge in [0.15, 0.2) is 0 Å². The molecule has 1 aliphatic rings. The maximum absolute atomic E-state index is 12.9. The summed E-state index contributed by atoms with van der Waals surface area (Å²) in [7, 11) is -3.27. The zero-order valence-electron chi connectivity index (χ0n) is 15.4. The number of sulfone groups is 1. The molecule has 0 fully saturated rings. The molecule has 1 heterocycles. The van der Waals surface area contributed by atoms with Crippen LogP contribution in [-0.2, 0) is 27.7 Å². The molecule has 6 nitrogen and oxygen atoms in total. The van der Waals surface area contributed by atoms with Gasteiger partial charge in [-0.15, -0.1) is 0 Å². The molecule has 0 bridgehead atoms. The van der Waals surface area contributed by atoms with Gasteiger partial charge in [-0.3, -0.25) is 9.59 Å². The van der Waals surface area contributed by atoms with Crippen LogP contribution in [0, 0.1) is 0 Å². The van der Waals surface area contributed by atoms with Crippen LogP contribution in [-0.4, -0.2) is 43.2 Å². The van der Waals surface area contributed by atoms with Crippen molar-refractivity contribution in [3.8, 4) is 0 Å². The summed E-state index contributed by atoms with van der Waals surface area (Å²) in [5.41, 5.74) is 2.25. The SMILES string of the molecule is CS(=O)(=O)CC[C@@H](C(=O)NCc1ccc(Cl)cc1)N1Cc2ccccc2C1=O. The average molecular weight is 421 g/mol. The topological polar surface area (TPSA) is 83.6 Å². The predicted octanol–water partition coefficient (Wildman–Crippen LogP) is 2.42. The second kappa shape index (κ2) is 8.32. The van der Waals surface area contributed by atoms with E-state index in [1.807, 2.05) is 12.1 Å². The Morgan fingerprint density at radius 1 is 1.18 bits per heavy atom. The largest absolute Gasteiger partial charge is 0.350 e. The molecule has 0 saturated heterocycles. The first-order valence-corrected chi connectivity index (χ1v) is 11.3. The lowest BCUT2D eigenvalue weighted by atomic mass is 10.1. The Morgan fingerprint density at radius 3 is 2.50 bits per heavy atom. The standard InChI is InChI=1S/C20H21ClN2O4S/c1-28(26,27)11-10-18(19(24)22-12-14-6-8-16(21)9-7-14)23-13-15-4-2-3-5-17(15)20(23)25/h2-9,18H,10-13H2,1H3,(H,22,24)/t18-/m0/s1. The highest BCUT2D eigenvalue weighted by Gasteiger charge is 2.36. The maximum atomic E-state index is 12.9. The fraction of sp³-hybridized carbons (Fsp3) is 0.300. The third-order valence-corrected chi connectivity index (χ3v) is 5.90. The van der Waals surface area contributed by atoms with E-state index < -0.39 is 15.9 Å². The van der Waals surface area contributed by atoms with Crippen LogP contribution in [0.25, 0.3) is 0 Å². The van der Waals surface area contributed by atoms with Crippen LogP contribution >= 0.6 is 11.6 Å². The lowest BCUT2D eigenvalue weighted by molar-refractivity contribution is -0.126. The molecule has 1 N–H and O–H groups in total. The van der Waals surface area contributed by atoms with Crippen molar-refractivity contribution in [3.05, 3.63) is 70.2 Å². The molecule has 0 radical (unpaired) electrons. The van der Waals surface area contributed by atoms with Crippen LogP contribution < -0.4 is 5.32 Å². The molecule has 1 atom stereocenters. The second-order valence-corrected chi connectivity index (χ2v) is 9.57. The Labute approximate surface area is 169 Å². The van der Waals surface area contributed by atoms with Gasteiger partial charge in [-0.1, -0.05) is 41.9 Å². The van der Waals surface area contributed by atoms with Gasteiger partial charge in [0, 0.05) is 29.9 Å². The summed E-state index contributed by atoms with van der Waals surface area (Å²) in [6.45, 7) is 0.554. The summed E-state index contributed by atoms with van der Waals surface area (Å²) in [6, 6.07) is 13.4. The first kappa shape index (κ1) is 20.4. The Bertz CT molecular complexity index is 990. The number of fused-ring (bicyclic) bond motifs is 1. The quantitative estimate of drug-likeness (QED) is 0.745. The molecule has 2 aromatic rings. The minimum atomic E-state index is -3.27. The third kappa shape index (κ3) is 4.91. The van der Waals surface area contributed by atoms with E-state index in [9.17, 15) is 18.0 Å². The van der Waals surface area contributed by atoms with Crippen molar-refractivity contribution in [1.82, 2.24) is 10.2 Å². The van der Waals surface area contributed by atoms with E-state index in [1.165, 1.54) is 4.90 Å². The summed E-state index contributed by atoms with van der Waals surface area (Å²) in [4.78, 5) is 27.1. The van der Waals surface area contributed by atoms with E-state index in [-0.39, 0.29) is 37.1 Å². The van der Waals surface area contributed by atoms with Crippen LogP contribution in [0.4, 0.5) is 0 Å². The monoisotopic (exact) mass is 420 g/mol. The lowest BCUT2D eigenvalue weighted by Crippen LogP contribution is -2.47. The van der Waals surface area contributed by atoms with Crippen molar-refractivity contribution in [1.29, 1.82) is 0 Å². The van der Waals surface area contributed by atoms with Gasteiger partial charge < -0.3 is 10.2 Å². The number of hydrogen-bond donors (Lipinski definition) is 1. The van der Waals surface area contributed by atoms with E-state index in [4.69, 9.17) is 11.6 Å². The number of hydrogen-bond acceptors (Lipinski definition) is 4. The zero-order valence-corrected chi connectivity index (χ0v) is 17.0. The van der Waals surface area contributed by atoms with Crippen molar-refractivity contribution in [2.24, 2.45) is 0 Å². The number of rotatable bonds is 7. The van der Waals surface area contributed by atoms with E-state index in [0.717, 1.165) is 17.4 Å². The van der Waals surface area contributed by atoms with Crippen molar-refractivity contribution in [2.75, 3.05) is 12.0 Å². The molecule has 0 aromatic heterocycles. The molecule has 8 heteroatoms. The molecular weight excluding hydrogens is 400 g/mol. The molecule has 3 rings (SSSR count). The minimum Gasteiger partial charge on any atom is -0.350 e. The Hall–Kier alpha value is -2.38. The number of halogens is 1. The van der Waals surface area contributed by atoms with Crippen LogP contribution in [0.1, 0.15) is 27.9 Å². The van der Waals surface area contributed by atoms with Crippen LogP contribution in [0.2, 0.25) is 5.02 Å². The molecule has 0 unspecified atom stereocenters. The molecule has 0 spiro atoms. The third-order valence-electron chi connectivity index (χ3n) is 4.67. The number of carbonyl (C=O) groups excluding carboxylic acids is 2. The van der Waals surface area contributed by atoms with Crippen LogP contribution in [0.3, 0.4) is 0 Å². The first-order valence-electron chi connectivity index (χ1n) is 8.83. The van der Waals surface area contributed by atoms with Gasteiger partial charge in [-0.2, -0.15) is 0 Å². The summed E-state index contributed by atoms with van der Waals surface area (Å²) in [5.74, 6) is -0.804. The van der Waals surface area contributed by atoms with Gasteiger partial charge in [0.05, 0.1) is 5.75 Å². The van der Waals surface area contributed by atoms with Crippen molar-refractivity contribution < 1.29 is 18.0 Å². The highest BCUT2D eigenvalue weighted by molar-refractivity contribution is 7.90.